The van der Waals surface area contributed by atoms with Crippen LogP contribution in [0.1, 0.15) is 0 Å². The third kappa shape index (κ3) is 3.72. The van der Waals surface area contributed by atoms with Crippen LogP contribution in [-0.4, -0.2) is 10.1 Å². The van der Waals surface area contributed by atoms with Gasteiger partial charge in [-0.15, -0.1) is 34.0 Å². The molecular weight excluding hydrogens is 611 g/mol. The first-order valence-corrected chi connectivity index (χ1v) is 13.3. The molecule has 0 radical (unpaired) electrons. The molecule has 0 N–H and O–H groups in total. The number of thiophene rings is 3. The van der Waals surface area contributed by atoms with Gasteiger partial charge in [-0.1, -0.05) is 34.4 Å². The molecule has 0 amide bonds. The molecular formula is C20H8Br2Cl2N2OS3. The van der Waals surface area contributed by atoms with Crippen molar-refractivity contribution in [3.8, 4) is 42.0 Å². The van der Waals surface area contributed by atoms with Crippen LogP contribution in [0, 0.1) is 0 Å². The molecule has 0 aromatic carbocycles. The minimum Gasteiger partial charge on any atom is -0.364 e. The molecule has 0 bridgehead atoms. The highest BCUT2D eigenvalue weighted by Gasteiger charge is 2.25. The zero-order chi connectivity index (χ0) is 20.8. The van der Waals surface area contributed by atoms with Crippen molar-refractivity contribution in [2.45, 2.75) is 0 Å². The molecule has 0 aliphatic heterocycles. The van der Waals surface area contributed by atoms with Crippen LogP contribution in [0.2, 0.25) is 9.49 Å². The highest BCUT2D eigenvalue weighted by atomic mass is 79.9. The summed E-state index contributed by atoms with van der Waals surface area (Å²) in [6.45, 7) is 0. The summed E-state index contributed by atoms with van der Waals surface area (Å²) < 4.78 is 7.29. The van der Waals surface area contributed by atoms with Crippen LogP contribution in [0.25, 0.3) is 42.0 Å². The topological polar surface area (TPSA) is 38.9 Å². The van der Waals surface area contributed by atoms with Gasteiger partial charge in [0.2, 0.25) is 0 Å². The van der Waals surface area contributed by atoms with Gasteiger partial charge in [-0.3, -0.25) is 0 Å². The van der Waals surface area contributed by atoms with Crippen LogP contribution in [0.3, 0.4) is 0 Å². The molecule has 0 saturated carbocycles. The zero-order valence-electron chi connectivity index (χ0n) is 14.7. The predicted octanol–water partition coefficient (Wildman–Crippen LogP) is 9.75. The number of pyridine rings is 1. The van der Waals surface area contributed by atoms with E-state index in [0.717, 1.165) is 51.0 Å². The molecule has 5 heterocycles. The maximum atomic E-state index is 6.57. The fourth-order valence-electron chi connectivity index (χ4n) is 3.02. The van der Waals surface area contributed by atoms with E-state index in [0.29, 0.717) is 9.49 Å². The number of rotatable bonds is 4. The Hall–Kier alpha value is -1.00. The lowest BCUT2D eigenvalue weighted by atomic mass is 10.0. The Morgan fingerprint density at radius 2 is 1.73 bits per heavy atom. The first kappa shape index (κ1) is 20.9. The van der Waals surface area contributed by atoms with E-state index in [2.05, 4.69) is 49.1 Å². The molecule has 0 unspecified atom stereocenters. The highest BCUT2D eigenvalue weighted by molar-refractivity contribution is 9.11. The van der Waals surface area contributed by atoms with E-state index >= 15 is 0 Å². The number of hydrogen-bond acceptors (Lipinski definition) is 6. The van der Waals surface area contributed by atoms with Crippen LogP contribution in [0.15, 0.2) is 61.5 Å². The van der Waals surface area contributed by atoms with Gasteiger partial charge in [-0.2, -0.15) is 0 Å². The van der Waals surface area contributed by atoms with Crippen molar-refractivity contribution in [2.24, 2.45) is 0 Å². The van der Waals surface area contributed by atoms with Gasteiger partial charge in [-0.25, -0.2) is 4.98 Å². The van der Waals surface area contributed by atoms with Gasteiger partial charge < -0.3 is 4.52 Å². The van der Waals surface area contributed by atoms with E-state index in [1.807, 2.05) is 29.6 Å². The summed E-state index contributed by atoms with van der Waals surface area (Å²) in [6.07, 6.45) is 1.57. The Bertz CT molecular complexity index is 1330. The number of hydrogen-bond donors (Lipinski definition) is 0. The molecule has 150 valence electrons. The van der Waals surface area contributed by atoms with Gasteiger partial charge in [0.05, 0.1) is 19.9 Å². The third-order valence-corrected chi connectivity index (χ3v) is 10.1. The van der Waals surface area contributed by atoms with Crippen molar-refractivity contribution >= 4 is 89.1 Å². The maximum Gasteiger partial charge on any atom is 0.144 e. The molecule has 3 nitrogen and oxygen atoms in total. The maximum absolute atomic E-state index is 6.57. The lowest BCUT2D eigenvalue weighted by molar-refractivity contribution is 0.422. The van der Waals surface area contributed by atoms with Crippen LogP contribution >= 0.6 is 89.1 Å². The van der Waals surface area contributed by atoms with Gasteiger partial charge in [0.25, 0.3) is 0 Å². The summed E-state index contributed by atoms with van der Waals surface area (Å²) in [6, 6.07) is 12.1. The second kappa shape index (κ2) is 8.50. The molecule has 0 aliphatic carbocycles. The van der Waals surface area contributed by atoms with E-state index in [-0.39, 0.29) is 0 Å². The molecule has 0 saturated heterocycles. The van der Waals surface area contributed by atoms with Gasteiger partial charge >= 0.3 is 0 Å². The van der Waals surface area contributed by atoms with E-state index in [1.165, 1.54) is 11.3 Å². The minimum absolute atomic E-state index is 0.408. The van der Waals surface area contributed by atoms with Crippen LogP contribution < -0.4 is 0 Å². The van der Waals surface area contributed by atoms with E-state index in [1.54, 1.807) is 28.9 Å². The Balaban J connectivity index is 1.82. The van der Waals surface area contributed by atoms with Crippen molar-refractivity contribution in [3.05, 3.63) is 66.5 Å². The molecule has 30 heavy (non-hydrogen) atoms. The third-order valence-electron chi connectivity index (χ3n) is 4.29. The fraction of sp³-hybridized carbons (Fsp3) is 0. The summed E-state index contributed by atoms with van der Waals surface area (Å²) in [5.41, 5.74) is 3.60. The quantitative estimate of drug-likeness (QED) is 0.188. The van der Waals surface area contributed by atoms with E-state index in [4.69, 9.17) is 32.7 Å². The van der Waals surface area contributed by atoms with Crippen LogP contribution in [0.5, 0.6) is 0 Å². The monoisotopic (exact) mass is 616 g/mol. The van der Waals surface area contributed by atoms with Crippen LogP contribution in [-0.2, 0) is 0 Å². The van der Waals surface area contributed by atoms with Gasteiger partial charge in [-0.05, 0) is 61.5 Å². The molecule has 0 spiro atoms. The second-order valence-electron chi connectivity index (χ2n) is 6.07. The van der Waals surface area contributed by atoms with Crippen molar-refractivity contribution in [3.63, 3.8) is 0 Å². The molecule has 0 fully saturated rings. The SMILES string of the molecule is Clc1nc(-c2cc(Br)c(Cl)s2)c(-c2ccc(-c3ccon3)s2)c(-c2cccs2)c1Br. The molecule has 0 atom stereocenters. The largest absolute Gasteiger partial charge is 0.364 e. The Morgan fingerprint density at radius 1 is 0.900 bits per heavy atom. The highest BCUT2D eigenvalue weighted by Crippen LogP contribution is 2.51. The van der Waals surface area contributed by atoms with Gasteiger partial charge in [0.1, 0.15) is 21.4 Å². The van der Waals surface area contributed by atoms with Crippen molar-refractivity contribution < 1.29 is 4.52 Å². The molecule has 5 rings (SSSR count). The summed E-state index contributed by atoms with van der Waals surface area (Å²) in [4.78, 5) is 8.84. The smallest absolute Gasteiger partial charge is 0.144 e. The number of nitrogens with zero attached hydrogens (tertiary/aromatic N) is 2. The van der Waals surface area contributed by atoms with E-state index in [9.17, 15) is 0 Å². The normalized spacial score (nSPS) is 11.3. The summed E-state index contributed by atoms with van der Waals surface area (Å²) in [7, 11) is 0. The number of aromatic nitrogens is 2. The van der Waals surface area contributed by atoms with Crippen molar-refractivity contribution in [2.75, 3.05) is 0 Å². The van der Waals surface area contributed by atoms with E-state index < -0.39 is 0 Å². The predicted molar refractivity (Wildman–Crippen MR) is 135 cm³/mol. The minimum atomic E-state index is 0.408. The average Bonchev–Trinajstić information content (AvgIpc) is 3.52. The fourth-order valence-corrected chi connectivity index (χ4v) is 7.33. The Labute approximate surface area is 210 Å². The van der Waals surface area contributed by atoms with Gasteiger partial charge in [0, 0.05) is 31.4 Å². The van der Waals surface area contributed by atoms with Crippen LogP contribution in [0.4, 0.5) is 0 Å². The Kier molecular flexibility index (Phi) is 5.92. The van der Waals surface area contributed by atoms with Crippen molar-refractivity contribution in [1.29, 1.82) is 0 Å². The summed E-state index contributed by atoms with van der Waals surface area (Å²) in [5, 5.41) is 6.52. The molecule has 10 heteroatoms. The lowest BCUT2D eigenvalue weighted by Crippen LogP contribution is -1.93. The molecule has 0 aliphatic rings. The van der Waals surface area contributed by atoms with Gasteiger partial charge in [0.15, 0.2) is 0 Å². The summed E-state index contributed by atoms with van der Waals surface area (Å²) >= 11 is 24.8. The second-order valence-corrected chi connectivity index (χ2v) is 11.8. The standard InChI is InChI=1S/C20H8Br2Cl2N2OS3/c21-9-8-14(30-20(9)24)18-16(13-4-3-11(29-13)10-5-6-27-26-10)15(12-2-1-7-28-12)17(22)19(23)25-18/h1-8H. The van der Waals surface area contributed by atoms with Crippen molar-refractivity contribution in [1.82, 2.24) is 10.1 Å². The molecule has 5 aromatic heterocycles. The number of halogens is 4. The molecule has 5 aromatic rings. The average molecular weight is 619 g/mol. The summed E-state index contributed by atoms with van der Waals surface area (Å²) in [5.74, 6) is 0. The first-order valence-electron chi connectivity index (χ1n) is 8.42. The zero-order valence-corrected chi connectivity index (χ0v) is 21.8. The Morgan fingerprint density at radius 3 is 2.40 bits per heavy atom. The lowest BCUT2D eigenvalue weighted by Gasteiger charge is -2.15. The first-order chi connectivity index (χ1) is 14.5.